The van der Waals surface area contributed by atoms with Gasteiger partial charge in [-0.2, -0.15) is 8.42 Å². The van der Waals surface area contributed by atoms with E-state index in [4.69, 9.17) is 4.74 Å². The van der Waals surface area contributed by atoms with Gasteiger partial charge in [-0.3, -0.25) is 9.69 Å². The number of amides is 2. The summed E-state index contributed by atoms with van der Waals surface area (Å²) in [4.78, 5) is 25.8. The third-order valence-electron chi connectivity index (χ3n) is 4.95. The lowest BCUT2D eigenvalue weighted by atomic mass is 10.1. The lowest BCUT2D eigenvalue weighted by molar-refractivity contribution is -0.117. The first-order valence-corrected chi connectivity index (χ1v) is 11.8. The Morgan fingerprint density at radius 1 is 1.41 bits per heavy atom. The fraction of sp³-hybridized carbons (Fsp3) is 0.600. The number of hydrogen-bond acceptors (Lipinski definition) is 7. The number of halogens is 1. The molecule has 10 nitrogen and oxygen atoms in total. The Balaban J connectivity index is 2.03. The van der Waals surface area contributed by atoms with Gasteiger partial charge in [0.2, 0.25) is 0 Å². The number of carbonyl (C=O) groups is 2. The number of benzene rings is 1. The maximum atomic E-state index is 15.6. The van der Waals surface area contributed by atoms with E-state index in [2.05, 4.69) is 5.32 Å². The molecule has 32 heavy (non-hydrogen) atoms. The maximum Gasteiger partial charge on any atom is 0.415 e. The summed E-state index contributed by atoms with van der Waals surface area (Å²) in [5.41, 5.74) is -1.26. The Hall–Kier alpha value is -2.60. The molecule has 3 rings (SSSR count). The standard InChI is InChI=1S/C20H29FN4O6S/c1-11(2)8-22-9-12-6-13-14(25(12)19(28)31-20(3,4)5)7-15(26)18(17(13)21)24-10-16(27)23-32(24,29)30/h7,11-12,22,26H,6,8-10H2,1-5H3,(H,23,27)/t12-/m1/s1. The molecule has 12 heteroatoms. The highest BCUT2D eigenvalue weighted by Crippen LogP contribution is 2.45. The van der Waals surface area contributed by atoms with Gasteiger partial charge in [-0.05, 0) is 39.7 Å². The number of phenols is 1. The molecule has 2 aliphatic heterocycles. The second-order valence-corrected chi connectivity index (χ2v) is 10.9. The summed E-state index contributed by atoms with van der Waals surface area (Å²) in [5.74, 6) is -2.19. The van der Waals surface area contributed by atoms with E-state index in [-0.39, 0.29) is 17.7 Å². The van der Waals surface area contributed by atoms with Crippen LogP contribution in [0.4, 0.5) is 20.6 Å². The fourth-order valence-corrected chi connectivity index (χ4v) is 4.89. The van der Waals surface area contributed by atoms with Crippen LogP contribution in [0.5, 0.6) is 5.75 Å². The molecule has 1 saturated heterocycles. The first-order chi connectivity index (χ1) is 14.7. The molecule has 1 atom stereocenters. The van der Waals surface area contributed by atoms with Crippen molar-refractivity contribution in [2.75, 3.05) is 28.8 Å². The van der Waals surface area contributed by atoms with Crippen molar-refractivity contribution in [1.29, 1.82) is 0 Å². The largest absolute Gasteiger partial charge is 0.506 e. The van der Waals surface area contributed by atoms with Crippen LogP contribution >= 0.6 is 0 Å². The third-order valence-corrected chi connectivity index (χ3v) is 6.33. The first-order valence-electron chi connectivity index (χ1n) is 10.3. The Labute approximate surface area is 186 Å². The number of hydrogen-bond donors (Lipinski definition) is 3. The summed E-state index contributed by atoms with van der Waals surface area (Å²) in [6, 6.07) is 0.621. The molecule has 3 N–H and O–H groups in total. The second-order valence-electron chi connectivity index (χ2n) is 9.35. The second kappa shape index (κ2) is 8.39. The van der Waals surface area contributed by atoms with Gasteiger partial charge in [0.05, 0.1) is 11.7 Å². The van der Waals surface area contributed by atoms with Crippen molar-refractivity contribution in [2.24, 2.45) is 5.92 Å². The van der Waals surface area contributed by atoms with E-state index < -0.39 is 57.7 Å². The van der Waals surface area contributed by atoms with Gasteiger partial charge in [0, 0.05) is 18.2 Å². The van der Waals surface area contributed by atoms with Gasteiger partial charge in [-0.15, -0.1) is 0 Å². The summed E-state index contributed by atoms with van der Waals surface area (Å²) in [6.07, 6.45) is -0.626. The number of rotatable bonds is 5. The Kier molecular flexibility index (Phi) is 6.31. The lowest BCUT2D eigenvalue weighted by Gasteiger charge is -2.29. The van der Waals surface area contributed by atoms with Crippen LogP contribution in [0.3, 0.4) is 0 Å². The number of anilines is 2. The zero-order chi connectivity index (χ0) is 24.0. The molecule has 2 aliphatic rings. The number of carbonyl (C=O) groups excluding carboxylic acids is 2. The van der Waals surface area contributed by atoms with E-state index in [9.17, 15) is 23.1 Å². The average molecular weight is 473 g/mol. The van der Waals surface area contributed by atoms with E-state index in [0.29, 0.717) is 23.3 Å². The fourth-order valence-electron chi connectivity index (χ4n) is 3.73. The van der Waals surface area contributed by atoms with Gasteiger partial charge in [-0.25, -0.2) is 18.2 Å². The van der Waals surface area contributed by atoms with Crippen LogP contribution in [0.15, 0.2) is 6.07 Å². The molecular formula is C20H29FN4O6S. The summed E-state index contributed by atoms with van der Waals surface area (Å²) in [6.45, 7) is 9.53. The molecule has 2 amide bonds. The highest BCUT2D eigenvalue weighted by molar-refractivity contribution is 7.92. The normalized spacial score (nSPS) is 20.0. The van der Waals surface area contributed by atoms with Gasteiger partial charge < -0.3 is 15.2 Å². The lowest BCUT2D eigenvalue weighted by Crippen LogP contribution is -2.46. The summed E-state index contributed by atoms with van der Waals surface area (Å²) in [5, 5.41) is 13.8. The molecule has 1 aromatic rings. The highest BCUT2D eigenvalue weighted by Gasteiger charge is 2.43. The van der Waals surface area contributed by atoms with Crippen molar-refractivity contribution < 1.29 is 32.2 Å². The van der Waals surface area contributed by atoms with E-state index in [1.165, 1.54) is 4.90 Å². The molecule has 1 fully saturated rings. The van der Waals surface area contributed by atoms with Crippen LogP contribution in [-0.2, 0) is 26.2 Å². The monoisotopic (exact) mass is 472 g/mol. The minimum atomic E-state index is -4.33. The molecule has 0 bridgehead atoms. The van der Waals surface area contributed by atoms with Gasteiger partial charge in [0.25, 0.3) is 5.91 Å². The van der Waals surface area contributed by atoms with Gasteiger partial charge >= 0.3 is 16.3 Å². The predicted molar refractivity (Wildman–Crippen MR) is 116 cm³/mol. The van der Waals surface area contributed by atoms with Gasteiger partial charge in [0.1, 0.15) is 23.6 Å². The first kappa shape index (κ1) is 24.1. The summed E-state index contributed by atoms with van der Waals surface area (Å²) < 4.78 is 47.7. The molecule has 0 radical (unpaired) electrons. The molecule has 2 heterocycles. The number of ether oxygens (including phenoxy) is 1. The van der Waals surface area contributed by atoms with E-state index in [1.807, 2.05) is 13.8 Å². The molecule has 0 unspecified atom stereocenters. The number of nitrogens with zero attached hydrogens (tertiary/aromatic N) is 2. The number of fused-ring (bicyclic) bond motifs is 1. The zero-order valence-electron chi connectivity index (χ0n) is 18.7. The van der Waals surface area contributed by atoms with Crippen molar-refractivity contribution in [1.82, 2.24) is 10.0 Å². The maximum absolute atomic E-state index is 15.6. The van der Waals surface area contributed by atoms with E-state index >= 15 is 4.39 Å². The van der Waals surface area contributed by atoms with Crippen LogP contribution in [0.25, 0.3) is 0 Å². The van der Waals surface area contributed by atoms with E-state index in [1.54, 1.807) is 25.5 Å². The summed E-state index contributed by atoms with van der Waals surface area (Å²) in [7, 11) is -4.33. The number of aromatic hydroxyl groups is 1. The molecule has 0 saturated carbocycles. The van der Waals surface area contributed by atoms with Crippen molar-refractivity contribution in [3.05, 3.63) is 17.4 Å². The smallest absolute Gasteiger partial charge is 0.415 e. The van der Waals surface area contributed by atoms with E-state index in [0.717, 1.165) is 6.07 Å². The zero-order valence-corrected chi connectivity index (χ0v) is 19.5. The Morgan fingerprint density at radius 2 is 2.06 bits per heavy atom. The minimum Gasteiger partial charge on any atom is -0.506 e. The molecule has 0 aliphatic carbocycles. The van der Waals surface area contributed by atoms with Crippen molar-refractivity contribution >= 4 is 33.6 Å². The quantitative estimate of drug-likeness (QED) is 0.594. The van der Waals surface area contributed by atoms with Crippen LogP contribution in [-0.4, -0.2) is 56.8 Å². The molecule has 1 aromatic carbocycles. The van der Waals surface area contributed by atoms with Gasteiger partial charge in [0.15, 0.2) is 5.82 Å². The number of phenolic OH excluding ortho intramolecular Hbond substituents is 1. The molecular weight excluding hydrogens is 443 g/mol. The van der Waals surface area contributed by atoms with Crippen LogP contribution in [0, 0.1) is 11.7 Å². The molecule has 0 spiro atoms. The van der Waals surface area contributed by atoms with Crippen molar-refractivity contribution in [3.63, 3.8) is 0 Å². The minimum absolute atomic E-state index is 0.0644. The predicted octanol–water partition coefficient (Wildman–Crippen LogP) is 1.62. The molecule has 178 valence electrons. The van der Waals surface area contributed by atoms with Gasteiger partial charge in [-0.1, -0.05) is 13.8 Å². The van der Waals surface area contributed by atoms with Crippen molar-refractivity contribution in [2.45, 2.75) is 52.7 Å². The Bertz CT molecular complexity index is 1040. The summed E-state index contributed by atoms with van der Waals surface area (Å²) >= 11 is 0. The van der Waals surface area contributed by atoms with Crippen molar-refractivity contribution in [3.8, 4) is 5.75 Å². The average Bonchev–Trinajstić information content (AvgIpc) is 3.09. The van der Waals surface area contributed by atoms with Crippen LogP contribution < -0.4 is 19.2 Å². The van der Waals surface area contributed by atoms with Crippen LogP contribution in [0.2, 0.25) is 0 Å². The SMILES string of the molecule is CC(C)CNC[C@H]1Cc2c(cc(O)c(N3CC(=O)NS3(=O)=O)c2F)N1C(=O)OC(C)(C)C. The van der Waals surface area contributed by atoms with Crippen LogP contribution in [0.1, 0.15) is 40.2 Å². The Morgan fingerprint density at radius 3 is 2.59 bits per heavy atom. The highest BCUT2D eigenvalue weighted by atomic mass is 32.2. The topological polar surface area (TPSA) is 128 Å². The third kappa shape index (κ3) is 4.75. The molecule has 0 aromatic heterocycles. The number of nitrogens with one attached hydrogen (secondary N) is 2.